The van der Waals surface area contributed by atoms with E-state index in [2.05, 4.69) is 21.2 Å². The molecule has 0 N–H and O–H groups in total. The third-order valence-corrected chi connectivity index (χ3v) is 3.51. The number of nitriles is 1. The molecule has 2 rings (SSSR count). The van der Waals surface area contributed by atoms with Gasteiger partial charge in [-0.1, -0.05) is 6.92 Å². The van der Waals surface area contributed by atoms with Gasteiger partial charge in [-0.15, -0.1) is 0 Å². The Morgan fingerprint density at radius 2 is 2.05 bits per heavy atom. The minimum absolute atomic E-state index is 0.0245. The predicted molar refractivity (Wildman–Crippen MR) is 74.1 cm³/mol. The number of nitrogens with zero attached hydrogens (tertiary/aromatic N) is 5. The maximum absolute atomic E-state index is 12.6. The Morgan fingerprint density at radius 1 is 1.35 bits per heavy atom. The third-order valence-electron chi connectivity index (χ3n) is 3.51. The Labute approximate surface area is 119 Å². The van der Waals surface area contributed by atoms with Crippen LogP contribution in [0.25, 0.3) is 0 Å². The Balaban J connectivity index is 2.09. The average molecular weight is 273 g/mol. The second-order valence-corrected chi connectivity index (χ2v) is 4.93. The molecule has 1 aromatic heterocycles. The molecular weight excluding hydrogens is 254 g/mol. The van der Waals surface area contributed by atoms with Gasteiger partial charge in [-0.2, -0.15) is 15.5 Å². The van der Waals surface area contributed by atoms with Gasteiger partial charge in [0.15, 0.2) is 0 Å². The summed E-state index contributed by atoms with van der Waals surface area (Å²) >= 11 is 0. The molecule has 1 saturated heterocycles. The number of piperazine rings is 1. The van der Waals surface area contributed by atoms with Gasteiger partial charge in [0.05, 0.1) is 29.6 Å². The normalized spacial score (nSPS) is 15.9. The van der Waals surface area contributed by atoms with Crippen LogP contribution in [0.5, 0.6) is 0 Å². The van der Waals surface area contributed by atoms with Crippen LogP contribution < -0.4 is 0 Å². The molecule has 1 aromatic rings. The summed E-state index contributed by atoms with van der Waals surface area (Å²) in [5.41, 5.74) is 2.17. The van der Waals surface area contributed by atoms with Crippen molar-refractivity contribution >= 4 is 5.91 Å². The molecule has 0 atom stereocenters. The molecule has 106 valence electrons. The van der Waals surface area contributed by atoms with E-state index in [9.17, 15) is 4.79 Å². The molecule has 0 unspecified atom stereocenters. The summed E-state index contributed by atoms with van der Waals surface area (Å²) in [5.74, 6) is 0.0245. The van der Waals surface area contributed by atoms with E-state index in [0.717, 1.165) is 24.5 Å². The van der Waals surface area contributed by atoms with E-state index < -0.39 is 0 Å². The van der Waals surface area contributed by atoms with E-state index in [0.29, 0.717) is 31.6 Å². The number of hydrogen-bond donors (Lipinski definition) is 0. The number of rotatable bonds is 3. The van der Waals surface area contributed by atoms with Gasteiger partial charge < -0.3 is 4.90 Å². The van der Waals surface area contributed by atoms with Crippen LogP contribution in [0.3, 0.4) is 0 Å². The fourth-order valence-electron chi connectivity index (χ4n) is 2.34. The number of aromatic nitrogens is 2. The Morgan fingerprint density at radius 3 is 2.65 bits per heavy atom. The van der Waals surface area contributed by atoms with Crippen LogP contribution in [0.1, 0.15) is 28.7 Å². The number of hydrogen-bond acceptors (Lipinski definition) is 5. The SMILES string of the molecule is CCc1nnc(C)cc1C(=O)N1CCN(CC#N)CC1. The van der Waals surface area contributed by atoms with Crippen molar-refractivity contribution in [3.63, 3.8) is 0 Å². The molecule has 1 aliphatic rings. The fourth-order valence-corrected chi connectivity index (χ4v) is 2.34. The Kier molecular flexibility index (Phi) is 4.64. The van der Waals surface area contributed by atoms with Crippen LogP contribution in [0.4, 0.5) is 0 Å². The molecule has 0 radical (unpaired) electrons. The summed E-state index contributed by atoms with van der Waals surface area (Å²) in [7, 11) is 0. The molecule has 0 aromatic carbocycles. The predicted octanol–water partition coefficient (Wildman–Crippen LogP) is 0.629. The third kappa shape index (κ3) is 3.11. The summed E-state index contributed by atoms with van der Waals surface area (Å²) in [4.78, 5) is 16.5. The number of amides is 1. The fraction of sp³-hybridized carbons (Fsp3) is 0.571. The van der Waals surface area contributed by atoms with E-state index in [-0.39, 0.29) is 5.91 Å². The van der Waals surface area contributed by atoms with Crippen molar-refractivity contribution < 1.29 is 4.79 Å². The number of aryl methyl sites for hydroxylation is 2. The van der Waals surface area contributed by atoms with Gasteiger partial charge in [-0.05, 0) is 19.4 Å². The molecular formula is C14H19N5O. The van der Waals surface area contributed by atoms with E-state index in [1.807, 2.05) is 24.8 Å². The molecule has 20 heavy (non-hydrogen) atoms. The maximum atomic E-state index is 12.6. The second-order valence-electron chi connectivity index (χ2n) is 4.93. The van der Waals surface area contributed by atoms with Crippen LogP contribution in [0.2, 0.25) is 0 Å². The molecule has 6 nitrogen and oxygen atoms in total. The van der Waals surface area contributed by atoms with Crippen LogP contribution in [-0.4, -0.2) is 58.6 Å². The van der Waals surface area contributed by atoms with E-state index in [1.165, 1.54) is 0 Å². The highest BCUT2D eigenvalue weighted by molar-refractivity contribution is 5.95. The first kappa shape index (κ1) is 14.4. The first-order valence-corrected chi connectivity index (χ1v) is 6.87. The number of carbonyl (C=O) groups is 1. The lowest BCUT2D eigenvalue weighted by molar-refractivity contribution is 0.0650. The minimum atomic E-state index is 0.0245. The van der Waals surface area contributed by atoms with Crippen LogP contribution >= 0.6 is 0 Å². The first-order chi connectivity index (χ1) is 9.65. The van der Waals surface area contributed by atoms with E-state index >= 15 is 0 Å². The van der Waals surface area contributed by atoms with Gasteiger partial charge in [-0.3, -0.25) is 9.69 Å². The van der Waals surface area contributed by atoms with Crippen molar-refractivity contribution in [1.29, 1.82) is 5.26 Å². The van der Waals surface area contributed by atoms with Gasteiger partial charge in [0.1, 0.15) is 0 Å². The first-order valence-electron chi connectivity index (χ1n) is 6.87. The minimum Gasteiger partial charge on any atom is -0.336 e. The molecule has 2 heterocycles. The van der Waals surface area contributed by atoms with Gasteiger partial charge in [-0.25, -0.2) is 0 Å². The van der Waals surface area contributed by atoms with Gasteiger partial charge >= 0.3 is 0 Å². The van der Waals surface area contributed by atoms with Crippen LogP contribution in [0.15, 0.2) is 6.07 Å². The molecule has 0 aliphatic carbocycles. The van der Waals surface area contributed by atoms with Crippen LogP contribution in [0, 0.1) is 18.3 Å². The van der Waals surface area contributed by atoms with E-state index in [4.69, 9.17) is 5.26 Å². The quantitative estimate of drug-likeness (QED) is 0.755. The smallest absolute Gasteiger partial charge is 0.255 e. The topological polar surface area (TPSA) is 73.1 Å². The molecule has 0 saturated carbocycles. The van der Waals surface area contributed by atoms with E-state index in [1.54, 1.807) is 0 Å². The summed E-state index contributed by atoms with van der Waals surface area (Å²) in [6, 6.07) is 3.96. The summed E-state index contributed by atoms with van der Waals surface area (Å²) in [6.45, 7) is 7.06. The summed E-state index contributed by atoms with van der Waals surface area (Å²) in [6.07, 6.45) is 0.697. The standard InChI is InChI=1S/C14H19N5O/c1-3-13-12(10-11(2)16-17-13)14(20)19-8-6-18(5-4-15)7-9-19/h10H,3,5-9H2,1-2H3. The van der Waals surface area contributed by atoms with Crippen LogP contribution in [-0.2, 0) is 6.42 Å². The second kappa shape index (κ2) is 6.44. The lowest BCUT2D eigenvalue weighted by atomic mass is 10.1. The van der Waals surface area contributed by atoms with Gasteiger partial charge in [0.2, 0.25) is 0 Å². The molecule has 1 fully saturated rings. The van der Waals surface area contributed by atoms with Crippen molar-refractivity contribution in [3.8, 4) is 6.07 Å². The highest BCUT2D eigenvalue weighted by atomic mass is 16.2. The summed E-state index contributed by atoms with van der Waals surface area (Å²) < 4.78 is 0. The highest BCUT2D eigenvalue weighted by Gasteiger charge is 2.24. The molecule has 0 bridgehead atoms. The lowest BCUT2D eigenvalue weighted by Crippen LogP contribution is -2.48. The Bertz CT molecular complexity index is 529. The molecule has 1 amide bonds. The maximum Gasteiger partial charge on any atom is 0.255 e. The molecule has 0 spiro atoms. The van der Waals surface area contributed by atoms with Crippen molar-refractivity contribution in [2.24, 2.45) is 0 Å². The zero-order valence-electron chi connectivity index (χ0n) is 12.0. The molecule has 1 aliphatic heterocycles. The van der Waals surface area contributed by atoms with Crippen molar-refractivity contribution in [3.05, 3.63) is 23.0 Å². The zero-order valence-corrected chi connectivity index (χ0v) is 12.0. The van der Waals surface area contributed by atoms with Gasteiger partial charge in [0, 0.05) is 26.2 Å². The largest absolute Gasteiger partial charge is 0.336 e. The Hall–Kier alpha value is -2.00. The van der Waals surface area contributed by atoms with Crippen molar-refractivity contribution in [2.45, 2.75) is 20.3 Å². The zero-order chi connectivity index (χ0) is 14.5. The van der Waals surface area contributed by atoms with Crippen molar-refractivity contribution in [2.75, 3.05) is 32.7 Å². The highest BCUT2D eigenvalue weighted by Crippen LogP contribution is 2.13. The monoisotopic (exact) mass is 273 g/mol. The summed E-state index contributed by atoms with van der Waals surface area (Å²) in [5, 5.41) is 16.8. The molecule has 6 heteroatoms. The average Bonchev–Trinajstić information content (AvgIpc) is 2.47. The van der Waals surface area contributed by atoms with Crippen molar-refractivity contribution in [1.82, 2.24) is 20.0 Å². The van der Waals surface area contributed by atoms with Gasteiger partial charge in [0.25, 0.3) is 5.91 Å². The number of carbonyl (C=O) groups excluding carboxylic acids is 1. The lowest BCUT2D eigenvalue weighted by Gasteiger charge is -2.33.